The van der Waals surface area contributed by atoms with Gasteiger partial charge in [-0.05, 0) is 19.9 Å². The lowest BCUT2D eigenvalue weighted by molar-refractivity contribution is -0.0496. The lowest BCUT2D eigenvalue weighted by atomic mass is 10.1. The summed E-state index contributed by atoms with van der Waals surface area (Å²) in [6, 6.07) is -0.254. The molecule has 24 heavy (non-hydrogen) atoms. The van der Waals surface area contributed by atoms with E-state index in [1.165, 1.54) is 6.92 Å². The maximum absolute atomic E-state index is 14.0. The van der Waals surface area contributed by atoms with Crippen molar-refractivity contribution < 1.29 is 32.2 Å². The van der Waals surface area contributed by atoms with E-state index in [4.69, 9.17) is 5.11 Å². The fraction of sp³-hybridized carbons (Fsp3) is 0.333. The van der Waals surface area contributed by atoms with Crippen LogP contribution in [-0.4, -0.2) is 28.9 Å². The van der Waals surface area contributed by atoms with Crippen LogP contribution in [0.5, 0.6) is 5.75 Å². The fourth-order valence-electron chi connectivity index (χ4n) is 2.36. The molecule has 1 N–H and O–H groups in total. The van der Waals surface area contributed by atoms with Crippen molar-refractivity contribution in [2.24, 2.45) is 0 Å². The van der Waals surface area contributed by atoms with Gasteiger partial charge >= 0.3 is 12.6 Å². The standard InChI is InChI=1S/C15H13F4NO4/c1-6(4-16)20-5-9(14(22)23)12(21)8-3-10(17)7(2)13(11(8)20)24-15(18)19/h3,5-6,15H,4H2,1-2H3,(H,22,23)/t6-/m0/s1. The number of pyridine rings is 1. The lowest BCUT2D eigenvalue weighted by Gasteiger charge is -2.21. The summed E-state index contributed by atoms with van der Waals surface area (Å²) in [6.07, 6.45) is 0.840. The van der Waals surface area contributed by atoms with Gasteiger partial charge in [0.1, 0.15) is 18.1 Å². The third-order valence-corrected chi connectivity index (χ3v) is 3.59. The molecule has 1 heterocycles. The van der Waals surface area contributed by atoms with Crippen LogP contribution >= 0.6 is 0 Å². The summed E-state index contributed by atoms with van der Waals surface area (Å²) in [7, 11) is 0. The van der Waals surface area contributed by atoms with Crippen LogP contribution in [-0.2, 0) is 0 Å². The minimum Gasteiger partial charge on any atom is -0.477 e. The second-order valence-corrected chi connectivity index (χ2v) is 5.17. The zero-order valence-electron chi connectivity index (χ0n) is 12.6. The summed E-state index contributed by atoms with van der Waals surface area (Å²) in [5.74, 6) is -3.24. The van der Waals surface area contributed by atoms with Gasteiger partial charge in [-0.2, -0.15) is 8.78 Å². The minimum atomic E-state index is -3.31. The number of carboxylic acid groups (broad SMARTS) is 1. The summed E-state index contributed by atoms with van der Waals surface area (Å²) in [4.78, 5) is 23.4. The summed E-state index contributed by atoms with van der Waals surface area (Å²) in [5, 5.41) is 8.61. The Labute approximate surface area is 133 Å². The van der Waals surface area contributed by atoms with E-state index in [9.17, 15) is 27.2 Å². The van der Waals surface area contributed by atoms with Crippen LogP contribution in [0, 0.1) is 12.7 Å². The van der Waals surface area contributed by atoms with Crippen molar-refractivity contribution in [3.05, 3.63) is 39.4 Å². The Kier molecular flexibility index (Phi) is 4.81. The molecule has 5 nitrogen and oxygen atoms in total. The van der Waals surface area contributed by atoms with Crippen molar-refractivity contribution in [2.45, 2.75) is 26.5 Å². The molecule has 9 heteroatoms. The number of halogens is 4. The Morgan fingerprint density at radius 2 is 2.04 bits per heavy atom. The molecular weight excluding hydrogens is 334 g/mol. The van der Waals surface area contributed by atoms with E-state index >= 15 is 0 Å². The number of benzene rings is 1. The van der Waals surface area contributed by atoms with Gasteiger partial charge in [0, 0.05) is 11.8 Å². The van der Waals surface area contributed by atoms with Gasteiger partial charge in [0.25, 0.3) is 0 Å². The molecule has 1 aromatic heterocycles. The predicted molar refractivity (Wildman–Crippen MR) is 77.2 cm³/mol. The minimum absolute atomic E-state index is 0.283. The third kappa shape index (κ3) is 2.93. The molecule has 2 rings (SSSR count). The van der Waals surface area contributed by atoms with Crippen LogP contribution in [0.2, 0.25) is 0 Å². The van der Waals surface area contributed by atoms with Crippen molar-refractivity contribution in [1.29, 1.82) is 0 Å². The van der Waals surface area contributed by atoms with Crippen molar-refractivity contribution in [3.8, 4) is 5.75 Å². The first-order valence-corrected chi connectivity index (χ1v) is 6.81. The highest BCUT2D eigenvalue weighted by Gasteiger charge is 2.24. The number of nitrogens with zero attached hydrogens (tertiary/aromatic N) is 1. The van der Waals surface area contributed by atoms with Crippen LogP contribution in [0.25, 0.3) is 10.9 Å². The predicted octanol–water partition coefficient (Wildman–Crippen LogP) is 3.28. The second kappa shape index (κ2) is 6.50. The molecule has 1 atom stereocenters. The molecule has 130 valence electrons. The summed E-state index contributed by atoms with van der Waals surface area (Å²) < 4.78 is 57.8. The van der Waals surface area contributed by atoms with E-state index in [1.54, 1.807) is 0 Å². The average Bonchev–Trinajstić information content (AvgIpc) is 2.51. The fourth-order valence-corrected chi connectivity index (χ4v) is 2.36. The van der Waals surface area contributed by atoms with Crippen molar-refractivity contribution >= 4 is 16.9 Å². The van der Waals surface area contributed by atoms with E-state index < -0.39 is 53.2 Å². The van der Waals surface area contributed by atoms with Gasteiger partial charge in [-0.15, -0.1) is 0 Å². The van der Waals surface area contributed by atoms with Gasteiger partial charge in [0.15, 0.2) is 5.75 Å². The molecule has 0 aliphatic rings. The van der Waals surface area contributed by atoms with E-state index in [0.717, 1.165) is 23.8 Å². The molecule has 0 spiro atoms. The average molecular weight is 347 g/mol. The molecule has 0 radical (unpaired) electrons. The number of alkyl halides is 3. The molecule has 0 aliphatic heterocycles. The molecular formula is C15H13F4NO4. The van der Waals surface area contributed by atoms with E-state index in [-0.39, 0.29) is 11.1 Å². The molecule has 0 amide bonds. The smallest absolute Gasteiger partial charge is 0.387 e. The van der Waals surface area contributed by atoms with Crippen molar-refractivity contribution in [1.82, 2.24) is 4.57 Å². The van der Waals surface area contributed by atoms with Crippen molar-refractivity contribution in [2.75, 3.05) is 6.67 Å². The molecule has 1 aromatic carbocycles. The van der Waals surface area contributed by atoms with Gasteiger partial charge < -0.3 is 14.4 Å². The highest BCUT2D eigenvalue weighted by atomic mass is 19.3. The highest BCUT2D eigenvalue weighted by molar-refractivity contribution is 5.95. The SMILES string of the molecule is Cc1c(F)cc2c(=O)c(C(=O)O)cn([C@@H](C)CF)c2c1OC(F)F. The van der Waals surface area contributed by atoms with Crippen LogP contribution in [0.15, 0.2) is 17.1 Å². The monoisotopic (exact) mass is 347 g/mol. The van der Waals surface area contributed by atoms with E-state index in [1.807, 2.05) is 0 Å². The van der Waals surface area contributed by atoms with Crippen LogP contribution < -0.4 is 10.2 Å². The maximum Gasteiger partial charge on any atom is 0.387 e. The third-order valence-electron chi connectivity index (χ3n) is 3.59. The Morgan fingerprint density at radius 3 is 2.54 bits per heavy atom. The molecule has 2 aromatic rings. The molecule has 0 saturated carbocycles. The first kappa shape index (κ1) is 17.8. The Morgan fingerprint density at radius 1 is 1.42 bits per heavy atom. The Bertz CT molecular complexity index is 863. The topological polar surface area (TPSA) is 68.5 Å². The normalized spacial score (nSPS) is 12.6. The number of hydrogen-bond acceptors (Lipinski definition) is 3. The number of aromatic nitrogens is 1. The number of carboxylic acids is 1. The first-order valence-electron chi connectivity index (χ1n) is 6.81. The number of fused-ring (bicyclic) bond motifs is 1. The second-order valence-electron chi connectivity index (χ2n) is 5.17. The van der Waals surface area contributed by atoms with Gasteiger partial charge in [-0.3, -0.25) is 4.79 Å². The van der Waals surface area contributed by atoms with Gasteiger partial charge in [0.05, 0.1) is 16.9 Å². The maximum atomic E-state index is 14.0. The van der Waals surface area contributed by atoms with Crippen LogP contribution in [0.4, 0.5) is 17.6 Å². The summed E-state index contributed by atoms with van der Waals surface area (Å²) in [6.45, 7) is -1.77. The zero-order valence-corrected chi connectivity index (χ0v) is 12.6. The Hall–Kier alpha value is -2.58. The molecule has 0 unspecified atom stereocenters. The molecule has 0 aliphatic carbocycles. The highest BCUT2D eigenvalue weighted by Crippen LogP contribution is 2.33. The zero-order chi connectivity index (χ0) is 18.2. The largest absolute Gasteiger partial charge is 0.477 e. The van der Waals surface area contributed by atoms with Crippen molar-refractivity contribution in [3.63, 3.8) is 0 Å². The quantitative estimate of drug-likeness (QED) is 0.843. The number of aromatic carboxylic acids is 1. The first-order chi connectivity index (χ1) is 11.2. The molecule has 0 fully saturated rings. The number of rotatable bonds is 5. The summed E-state index contributed by atoms with van der Waals surface area (Å²) >= 11 is 0. The van der Waals surface area contributed by atoms with E-state index in [2.05, 4.69) is 4.74 Å². The lowest BCUT2D eigenvalue weighted by Crippen LogP contribution is -2.22. The Balaban J connectivity index is 3.05. The van der Waals surface area contributed by atoms with Crippen LogP contribution in [0.3, 0.4) is 0 Å². The molecule has 0 bridgehead atoms. The summed E-state index contributed by atoms with van der Waals surface area (Å²) in [5.41, 5.74) is -2.38. The number of carbonyl (C=O) groups is 1. The van der Waals surface area contributed by atoms with E-state index in [0.29, 0.717) is 0 Å². The number of hydrogen-bond donors (Lipinski definition) is 1. The number of ether oxygens (including phenoxy) is 1. The van der Waals surface area contributed by atoms with Gasteiger partial charge in [-0.25, -0.2) is 13.6 Å². The van der Waals surface area contributed by atoms with Gasteiger partial charge in [0.2, 0.25) is 5.43 Å². The van der Waals surface area contributed by atoms with Crippen LogP contribution in [0.1, 0.15) is 28.9 Å². The van der Waals surface area contributed by atoms with Gasteiger partial charge in [-0.1, -0.05) is 0 Å². The molecule has 0 saturated heterocycles.